The first-order valence-corrected chi connectivity index (χ1v) is 8.40. The first-order chi connectivity index (χ1) is 11.7. The number of pyridine rings is 1. The number of piperidine rings is 1. The molecule has 0 aromatic carbocycles. The smallest absolute Gasteiger partial charge is 0.410 e. The average molecular weight is 342 g/mol. The Kier molecular flexibility index (Phi) is 4.15. The van der Waals surface area contributed by atoms with Crippen molar-refractivity contribution in [2.24, 2.45) is 5.41 Å². The van der Waals surface area contributed by atoms with E-state index in [0.29, 0.717) is 43.9 Å². The van der Waals surface area contributed by atoms with Gasteiger partial charge in [0.25, 0.3) is 0 Å². The van der Waals surface area contributed by atoms with Crippen LogP contribution in [-0.4, -0.2) is 47.1 Å². The number of carbonyl (C=O) groups excluding carboxylic acids is 2. The first-order valence-electron chi connectivity index (χ1n) is 8.40. The Hall–Kier alpha value is -2.62. The molecule has 7 nitrogen and oxygen atoms in total. The number of aromatic nitrogens is 1. The van der Waals surface area contributed by atoms with Crippen LogP contribution in [0.5, 0.6) is 0 Å². The molecule has 7 heteroatoms. The van der Waals surface area contributed by atoms with Crippen molar-refractivity contribution in [1.82, 2.24) is 9.88 Å². The van der Waals surface area contributed by atoms with Crippen LogP contribution in [0.4, 0.5) is 10.6 Å². The van der Waals surface area contributed by atoms with Crippen LogP contribution < -0.4 is 4.90 Å². The molecule has 2 aliphatic rings. The standard InChI is InChI=1S/C18H22N4O3/c1-17(2,3)25-16(24)21-8-6-18(7-9-21)12-22(15(18)23)14-5-4-13(10-19)11-20-14/h4-5,11H,6-9,12H2,1-3H3. The molecule has 0 saturated carbocycles. The number of amides is 2. The van der Waals surface area contributed by atoms with Crippen LogP contribution in [0.1, 0.15) is 39.2 Å². The van der Waals surface area contributed by atoms with Crippen molar-refractivity contribution in [3.8, 4) is 6.07 Å². The molecule has 2 aliphatic heterocycles. The predicted molar refractivity (Wildman–Crippen MR) is 90.8 cm³/mol. The summed E-state index contributed by atoms with van der Waals surface area (Å²) in [7, 11) is 0. The van der Waals surface area contributed by atoms with Crippen LogP contribution >= 0.6 is 0 Å². The van der Waals surface area contributed by atoms with Crippen LogP contribution in [0.3, 0.4) is 0 Å². The summed E-state index contributed by atoms with van der Waals surface area (Å²) in [5, 5.41) is 8.82. The number of hydrogen-bond acceptors (Lipinski definition) is 5. The summed E-state index contributed by atoms with van der Waals surface area (Å²) in [5.74, 6) is 0.623. The fourth-order valence-corrected chi connectivity index (χ4v) is 3.25. The Morgan fingerprint density at radius 2 is 2.00 bits per heavy atom. The summed E-state index contributed by atoms with van der Waals surface area (Å²) in [6.45, 7) is 7.17. The summed E-state index contributed by atoms with van der Waals surface area (Å²) in [6, 6.07) is 5.37. The molecule has 2 amide bonds. The normalized spacial score (nSPS) is 19.4. The fraction of sp³-hybridized carbons (Fsp3) is 0.556. The van der Waals surface area contributed by atoms with Crippen molar-refractivity contribution in [2.45, 2.75) is 39.2 Å². The number of likely N-dealkylation sites (tertiary alicyclic amines) is 1. The number of rotatable bonds is 1. The molecule has 1 spiro atoms. The van der Waals surface area contributed by atoms with Gasteiger partial charge in [0.2, 0.25) is 5.91 Å². The van der Waals surface area contributed by atoms with Crippen LogP contribution in [0.2, 0.25) is 0 Å². The Morgan fingerprint density at radius 3 is 2.48 bits per heavy atom. The van der Waals surface area contributed by atoms with Gasteiger partial charge in [-0.15, -0.1) is 0 Å². The van der Waals surface area contributed by atoms with Gasteiger partial charge >= 0.3 is 6.09 Å². The van der Waals surface area contributed by atoms with E-state index in [1.165, 1.54) is 6.20 Å². The van der Waals surface area contributed by atoms with Gasteiger partial charge in [-0.25, -0.2) is 9.78 Å². The Bertz CT molecular complexity index is 722. The van der Waals surface area contributed by atoms with Crippen LogP contribution in [0.25, 0.3) is 0 Å². The maximum atomic E-state index is 12.7. The van der Waals surface area contributed by atoms with E-state index >= 15 is 0 Å². The van der Waals surface area contributed by atoms with Gasteiger partial charge < -0.3 is 9.64 Å². The number of nitrogens with zero attached hydrogens (tertiary/aromatic N) is 4. The lowest BCUT2D eigenvalue weighted by Gasteiger charge is -2.51. The largest absolute Gasteiger partial charge is 0.444 e. The molecule has 2 saturated heterocycles. The van der Waals surface area contributed by atoms with E-state index < -0.39 is 11.0 Å². The van der Waals surface area contributed by atoms with Gasteiger partial charge in [0.1, 0.15) is 17.5 Å². The maximum Gasteiger partial charge on any atom is 0.410 e. The number of ether oxygens (including phenoxy) is 1. The topological polar surface area (TPSA) is 86.5 Å². The fourth-order valence-electron chi connectivity index (χ4n) is 3.25. The Morgan fingerprint density at radius 1 is 1.32 bits per heavy atom. The molecule has 25 heavy (non-hydrogen) atoms. The van der Waals surface area contributed by atoms with Gasteiger partial charge in [0.15, 0.2) is 0 Å². The van der Waals surface area contributed by atoms with E-state index in [2.05, 4.69) is 4.98 Å². The van der Waals surface area contributed by atoms with E-state index in [1.54, 1.807) is 21.9 Å². The lowest BCUT2D eigenvalue weighted by Crippen LogP contribution is -2.65. The summed E-state index contributed by atoms with van der Waals surface area (Å²) < 4.78 is 5.39. The Labute approximate surface area is 147 Å². The van der Waals surface area contributed by atoms with E-state index in [1.807, 2.05) is 26.8 Å². The molecular formula is C18H22N4O3. The zero-order valence-electron chi connectivity index (χ0n) is 14.8. The predicted octanol–water partition coefficient (Wildman–Crippen LogP) is 2.32. The molecule has 0 atom stereocenters. The summed E-state index contributed by atoms with van der Waals surface area (Å²) in [6.07, 6.45) is 2.42. The van der Waals surface area contributed by atoms with Gasteiger partial charge in [-0.1, -0.05) is 0 Å². The SMILES string of the molecule is CC(C)(C)OC(=O)N1CCC2(CC1)CN(c1ccc(C#N)cn1)C2=O. The number of nitriles is 1. The molecule has 1 aromatic heterocycles. The molecule has 0 radical (unpaired) electrons. The highest BCUT2D eigenvalue weighted by Crippen LogP contribution is 2.43. The monoisotopic (exact) mass is 342 g/mol. The molecule has 3 rings (SSSR count). The third kappa shape index (κ3) is 3.29. The average Bonchev–Trinajstić information content (AvgIpc) is 2.58. The van der Waals surface area contributed by atoms with Crippen molar-refractivity contribution >= 4 is 17.8 Å². The second-order valence-electron chi connectivity index (χ2n) is 7.66. The van der Waals surface area contributed by atoms with Crippen LogP contribution in [-0.2, 0) is 9.53 Å². The van der Waals surface area contributed by atoms with Crippen molar-refractivity contribution < 1.29 is 14.3 Å². The molecule has 1 aromatic rings. The lowest BCUT2D eigenvalue weighted by molar-refractivity contribution is -0.138. The molecule has 3 heterocycles. The number of hydrogen-bond donors (Lipinski definition) is 0. The third-order valence-electron chi connectivity index (χ3n) is 4.69. The quantitative estimate of drug-likeness (QED) is 0.731. The summed E-state index contributed by atoms with van der Waals surface area (Å²) in [4.78, 5) is 32.3. The minimum atomic E-state index is -0.517. The summed E-state index contributed by atoms with van der Waals surface area (Å²) >= 11 is 0. The van der Waals surface area contributed by atoms with Crippen molar-refractivity contribution in [2.75, 3.05) is 24.5 Å². The van der Waals surface area contributed by atoms with Crippen LogP contribution in [0.15, 0.2) is 18.3 Å². The number of β-lactam (4-membered cyclic amide) rings is 1. The number of carbonyl (C=O) groups is 2. The zero-order chi connectivity index (χ0) is 18.2. The van der Waals surface area contributed by atoms with Gasteiger partial charge in [0.05, 0.1) is 11.0 Å². The highest BCUT2D eigenvalue weighted by Gasteiger charge is 2.54. The van der Waals surface area contributed by atoms with Gasteiger partial charge in [-0.2, -0.15) is 5.26 Å². The molecule has 2 fully saturated rings. The van der Waals surface area contributed by atoms with Gasteiger partial charge in [-0.3, -0.25) is 9.69 Å². The van der Waals surface area contributed by atoms with E-state index in [4.69, 9.17) is 10.00 Å². The highest BCUT2D eigenvalue weighted by molar-refractivity contribution is 6.04. The molecule has 0 unspecified atom stereocenters. The van der Waals surface area contributed by atoms with Crippen LogP contribution in [0, 0.1) is 16.7 Å². The number of anilines is 1. The molecule has 0 N–H and O–H groups in total. The third-order valence-corrected chi connectivity index (χ3v) is 4.69. The zero-order valence-corrected chi connectivity index (χ0v) is 14.8. The maximum absolute atomic E-state index is 12.7. The highest BCUT2D eigenvalue weighted by atomic mass is 16.6. The van der Waals surface area contributed by atoms with Gasteiger partial charge in [0, 0.05) is 25.8 Å². The lowest BCUT2D eigenvalue weighted by atomic mass is 9.71. The molecule has 132 valence electrons. The minimum Gasteiger partial charge on any atom is -0.444 e. The second-order valence-corrected chi connectivity index (χ2v) is 7.66. The van der Waals surface area contributed by atoms with E-state index in [-0.39, 0.29) is 12.0 Å². The summed E-state index contributed by atoms with van der Waals surface area (Å²) in [5.41, 5.74) is -0.443. The van der Waals surface area contributed by atoms with E-state index in [0.717, 1.165) is 0 Å². The van der Waals surface area contributed by atoms with Gasteiger partial charge in [-0.05, 0) is 45.7 Å². The molecular weight excluding hydrogens is 320 g/mol. The second kappa shape index (κ2) is 6.03. The first kappa shape index (κ1) is 17.2. The molecule has 0 bridgehead atoms. The van der Waals surface area contributed by atoms with Crippen molar-refractivity contribution in [3.63, 3.8) is 0 Å². The van der Waals surface area contributed by atoms with E-state index in [9.17, 15) is 9.59 Å². The van der Waals surface area contributed by atoms with Crippen molar-refractivity contribution in [3.05, 3.63) is 23.9 Å². The molecule has 0 aliphatic carbocycles. The Balaban J connectivity index is 1.59. The van der Waals surface area contributed by atoms with Crippen molar-refractivity contribution in [1.29, 1.82) is 5.26 Å². The minimum absolute atomic E-state index is 0.0496.